The number of carboxylic acid groups (broad SMARTS) is 1. The number of nitrogens with zero attached hydrogens (tertiary/aromatic N) is 3. The monoisotopic (exact) mass is 361 g/mol. The molecule has 1 aliphatic carbocycles. The van der Waals surface area contributed by atoms with Gasteiger partial charge in [0.1, 0.15) is 23.1 Å². The van der Waals surface area contributed by atoms with E-state index in [2.05, 4.69) is 0 Å². The lowest BCUT2D eigenvalue weighted by molar-refractivity contribution is -0.145. The van der Waals surface area contributed by atoms with E-state index in [9.17, 15) is 19.2 Å². The van der Waals surface area contributed by atoms with Crippen LogP contribution in [0.25, 0.3) is 0 Å². The molecule has 8 nitrogen and oxygen atoms in total. The predicted octanol–water partition coefficient (Wildman–Crippen LogP) is -0.133. The molecule has 4 rings (SSSR count). The number of carboxylic acids is 1. The van der Waals surface area contributed by atoms with Gasteiger partial charge in [-0.2, -0.15) is 0 Å². The lowest BCUT2D eigenvalue weighted by Gasteiger charge is -2.21. The lowest BCUT2D eigenvalue weighted by atomic mass is 10.0. The average molecular weight is 361 g/mol. The van der Waals surface area contributed by atoms with Gasteiger partial charge < -0.3 is 19.8 Å². The lowest BCUT2D eigenvalue weighted by Crippen LogP contribution is -2.29. The molecular weight excluding hydrogens is 338 g/mol. The minimum Gasteiger partial charge on any atom is -0.481 e. The summed E-state index contributed by atoms with van der Waals surface area (Å²) in [5.41, 5.74) is 1.89. The summed E-state index contributed by atoms with van der Waals surface area (Å²) in [4.78, 5) is 51.1. The molecule has 3 saturated heterocycles. The Balaban J connectivity index is 0.000000188. The highest BCUT2D eigenvalue weighted by atomic mass is 16.4. The normalized spacial score (nSPS) is 21.8. The maximum absolute atomic E-state index is 12.4. The van der Waals surface area contributed by atoms with Gasteiger partial charge in [0.2, 0.25) is 11.6 Å². The molecule has 0 aromatic heterocycles. The highest BCUT2D eigenvalue weighted by Crippen LogP contribution is 2.33. The summed E-state index contributed by atoms with van der Waals surface area (Å²) < 4.78 is 0. The Hall–Kier alpha value is -2.64. The van der Waals surface area contributed by atoms with E-state index in [1.54, 1.807) is 6.92 Å². The van der Waals surface area contributed by atoms with Crippen LogP contribution in [0.15, 0.2) is 23.2 Å². The second-order valence-electron chi connectivity index (χ2n) is 6.79. The van der Waals surface area contributed by atoms with Gasteiger partial charge >= 0.3 is 5.97 Å². The van der Waals surface area contributed by atoms with E-state index in [-0.39, 0.29) is 17.3 Å². The molecule has 0 radical (unpaired) electrons. The Bertz CT molecular complexity index is 713. The fourth-order valence-corrected chi connectivity index (χ4v) is 2.91. The molecular formula is C18H23N3O5. The second kappa shape index (κ2) is 6.93. The van der Waals surface area contributed by atoms with Gasteiger partial charge in [-0.1, -0.05) is 6.92 Å². The van der Waals surface area contributed by atoms with Crippen LogP contribution in [0.1, 0.15) is 20.3 Å². The molecule has 1 atom stereocenters. The first-order valence-electron chi connectivity index (χ1n) is 8.88. The number of Topliss-reactive ketones (excluding diaryl/α,β-unsaturated/α-hetero) is 2. The molecule has 3 fully saturated rings. The van der Waals surface area contributed by atoms with Crippen LogP contribution in [-0.2, 0) is 19.2 Å². The van der Waals surface area contributed by atoms with Crippen molar-refractivity contribution < 1.29 is 24.3 Å². The largest absolute Gasteiger partial charge is 0.481 e. The third kappa shape index (κ3) is 3.79. The molecule has 1 N–H and O–H groups in total. The molecule has 4 aliphatic rings. The summed E-state index contributed by atoms with van der Waals surface area (Å²) in [5, 5.41) is 8.32. The Morgan fingerprint density at radius 2 is 1.50 bits per heavy atom. The Labute approximate surface area is 151 Å². The highest BCUT2D eigenvalue weighted by molar-refractivity contribution is 6.22. The van der Waals surface area contributed by atoms with Crippen LogP contribution in [0, 0.1) is 5.92 Å². The summed E-state index contributed by atoms with van der Waals surface area (Å²) in [6.07, 6.45) is 1.90. The Kier molecular flexibility index (Phi) is 4.84. The average Bonchev–Trinajstić information content (AvgIpc) is 3.43. The molecule has 1 unspecified atom stereocenters. The number of ketones is 3. The first-order valence-corrected chi connectivity index (χ1v) is 8.88. The van der Waals surface area contributed by atoms with Crippen molar-refractivity contribution in [3.05, 3.63) is 23.2 Å². The molecule has 0 bridgehead atoms. The maximum Gasteiger partial charge on any atom is 0.314 e. The van der Waals surface area contributed by atoms with E-state index in [0.29, 0.717) is 23.5 Å². The summed E-state index contributed by atoms with van der Waals surface area (Å²) in [6, 6.07) is 0. The molecule has 26 heavy (non-hydrogen) atoms. The van der Waals surface area contributed by atoms with Gasteiger partial charge in [-0.3, -0.25) is 19.2 Å². The second-order valence-corrected chi connectivity index (χ2v) is 6.79. The van der Waals surface area contributed by atoms with Crippen molar-refractivity contribution in [3.8, 4) is 0 Å². The number of aliphatic carboxylic acids is 1. The molecule has 0 aromatic rings. The number of allylic oxidation sites excluding steroid dienone is 1. The summed E-state index contributed by atoms with van der Waals surface area (Å²) >= 11 is 0. The number of hydrogen-bond acceptors (Lipinski definition) is 7. The zero-order valence-corrected chi connectivity index (χ0v) is 15.0. The van der Waals surface area contributed by atoms with Crippen molar-refractivity contribution in [2.75, 3.05) is 39.3 Å². The molecule has 140 valence electrons. The molecule has 3 heterocycles. The molecule has 0 saturated carbocycles. The Morgan fingerprint density at radius 1 is 1.00 bits per heavy atom. The van der Waals surface area contributed by atoms with Gasteiger partial charge in [0.15, 0.2) is 0 Å². The predicted molar refractivity (Wildman–Crippen MR) is 91.9 cm³/mol. The standard InChI is InChI=1S/C12H13N3O2.C6H10O3/c16-9-7-8(13-1-2-13)12(17)11(15-5-6-15)10(9)14-3-4-14;1-3-5(4(2)7)6(8)9/h7H,1-6H2;5H,3H2,1-2H3,(H,8,9). The van der Waals surface area contributed by atoms with Crippen molar-refractivity contribution in [2.24, 2.45) is 5.92 Å². The highest BCUT2D eigenvalue weighted by Gasteiger charge is 2.43. The first-order chi connectivity index (χ1) is 12.3. The van der Waals surface area contributed by atoms with Gasteiger partial charge in [-0.15, -0.1) is 0 Å². The van der Waals surface area contributed by atoms with Gasteiger partial charge in [-0.05, 0) is 13.3 Å². The number of rotatable bonds is 6. The molecule has 0 spiro atoms. The maximum atomic E-state index is 12.4. The number of carbonyl (C=O) groups is 4. The summed E-state index contributed by atoms with van der Waals surface area (Å²) in [5.74, 6) is -2.05. The molecule has 0 amide bonds. The van der Waals surface area contributed by atoms with Crippen LogP contribution in [-0.4, -0.2) is 82.4 Å². The Morgan fingerprint density at radius 3 is 1.85 bits per heavy atom. The number of carbonyl (C=O) groups excluding carboxylic acids is 3. The van der Waals surface area contributed by atoms with Gasteiger partial charge in [0, 0.05) is 45.3 Å². The smallest absolute Gasteiger partial charge is 0.314 e. The topological polar surface area (TPSA) is 97.5 Å². The van der Waals surface area contributed by atoms with E-state index in [1.165, 1.54) is 13.0 Å². The molecule has 8 heteroatoms. The fraction of sp³-hybridized carbons (Fsp3) is 0.556. The fourth-order valence-electron chi connectivity index (χ4n) is 2.91. The van der Waals surface area contributed by atoms with E-state index in [4.69, 9.17) is 5.11 Å². The van der Waals surface area contributed by atoms with Crippen LogP contribution in [0.4, 0.5) is 0 Å². The quantitative estimate of drug-likeness (QED) is 0.397. The van der Waals surface area contributed by atoms with E-state index in [1.807, 2.05) is 14.7 Å². The van der Waals surface area contributed by atoms with Crippen molar-refractivity contribution in [3.63, 3.8) is 0 Å². The van der Waals surface area contributed by atoms with Crippen LogP contribution < -0.4 is 0 Å². The zero-order chi connectivity index (χ0) is 19.0. The first kappa shape index (κ1) is 18.2. The number of hydrogen-bond donors (Lipinski definition) is 1. The van der Waals surface area contributed by atoms with E-state index >= 15 is 0 Å². The SMILES string of the molecule is CCC(C(C)=O)C(=O)O.O=C1C=C(N2CC2)C(=O)C(N2CC2)=C1N1CC1. The van der Waals surface area contributed by atoms with Crippen LogP contribution >= 0.6 is 0 Å². The van der Waals surface area contributed by atoms with Crippen molar-refractivity contribution in [1.82, 2.24) is 14.7 Å². The van der Waals surface area contributed by atoms with Gasteiger partial charge in [-0.25, -0.2) is 0 Å². The van der Waals surface area contributed by atoms with Crippen molar-refractivity contribution in [2.45, 2.75) is 20.3 Å². The third-order valence-corrected chi connectivity index (χ3v) is 4.69. The summed E-state index contributed by atoms with van der Waals surface area (Å²) in [6.45, 7) is 8.38. The minimum absolute atomic E-state index is 0.00546. The van der Waals surface area contributed by atoms with Gasteiger partial charge in [0.05, 0.1) is 5.70 Å². The zero-order valence-electron chi connectivity index (χ0n) is 15.0. The van der Waals surface area contributed by atoms with Crippen molar-refractivity contribution >= 4 is 23.3 Å². The molecule has 0 aromatic carbocycles. The van der Waals surface area contributed by atoms with E-state index in [0.717, 1.165) is 39.3 Å². The third-order valence-electron chi connectivity index (χ3n) is 4.69. The minimum atomic E-state index is -1.02. The molecule has 3 aliphatic heterocycles. The van der Waals surface area contributed by atoms with Crippen molar-refractivity contribution in [1.29, 1.82) is 0 Å². The summed E-state index contributed by atoms with van der Waals surface area (Å²) in [7, 11) is 0. The van der Waals surface area contributed by atoms with Crippen LogP contribution in [0.2, 0.25) is 0 Å². The van der Waals surface area contributed by atoms with Crippen LogP contribution in [0.3, 0.4) is 0 Å². The van der Waals surface area contributed by atoms with Gasteiger partial charge in [0.25, 0.3) is 0 Å². The van der Waals surface area contributed by atoms with E-state index < -0.39 is 11.9 Å². The van der Waals surface area contributed by atoms with Crippen LogP contribution in [0.5, 0.6) is 0 Å².